The van der Waals surface area contributed by atoms with Gasteiger partial charge in [-0.2, -0.15) is 0 Å². The normalized spacial score (nSPS) is 37.4. The van der Waals surface area contributed by atoms with Gasteiger partial charge in [0.15, 0.2) is 11.9 Å². The first kappa shape index (κ1) is 45.5. The molecule has 262 valence electrons. The van der Waals surface area contributed by atoms with E-state index in [1.165, 1.54) is 34.6 Å². The van der Waals surface area contributed by atoms with Crippen LogP contribution in [0.1, 0.15) is 87.5 Å². The zero-order valence-electron chi connectivity index (χ0n) is 28.6. The molecule has 15 heteroatoms. The van der Waals surface area contributed by atoms with E-state index in [0.717, 1.165) is 13.3 Å². The second-order valence-corrected chi connectivity index (χ2v) is 14.0. The Hall–Kier alpha value is 0.463. The van der Waals surface area contributed by atoms with Crippen LogP contribution in [0.5, 0.6) is 0 Å². The van der Waals surface area contributed by atoms with Gasteiger partial charge >= 0.3 is 11.9 Å². The van der Waals surface area contributed by atoms with E-state index in [0.29, 0.717) is 6.42 Å². The Balaban J connectivity index is 0.00000552. The molecule has 13 nitrogen and oxygen atoms in total. The Bertz CT molecular complexity index is 1230. The fourth-order valence-electron chi connectivity index (χ4n) is 8.13. The van der Waals surface area contributed by atoms with Gasteiger partial charge < -0.3 is 45.4 Å². The number of esters is 2. The standard InChI is InChI=1S/C32H51NO12.2Ac/c1-9-10-11-19(33-17(4)35)23(38)28(41)45-20-13-32(43)27(44-18(5)36)25-30(8,21(37)12-15(2)31(25,42)14-34)26(40)24(39)22(16(20)3)29(32,6)7;;/h15,19-21,23-25,27,34,37-39,42-43H,9-14H2,1-8H3,(H,33,35);;/t15-,19+,20+,21+,23-,24-,25+,27+,30-,31+,32-;;/m1../s1. The maximum atomic E-state index is 14.3. The zero-order chi connectivity index (χ0) is 34.4. The van der Waals surface area contributed by atoms with E-state index in [4.69, 9.17) is 9.47 Å². The van der Waals surface area contributed by atoms with E-state index in [1.54, 1.807) is 6.92 Å². The largest absolute Gasteiger partial charge is 0.459 e. The number of carbonyl (C=O) groups is 4. The van der Waals surface area contributed by atoms with Crippen LogP contribution in [0, 0.1) is 111 Å². The first-order valence-electron chi connectivity index (χ1n) is 15.7. The van der Waals surface area contributed by atoms with Gasteiger partial charge in [-0.3, -0.25) is 14.4 Å². The van der Waals surface area contributed by atoms with Gasteiger partial charge in [-0.15, -0.1) is 0 Å². The van der Waals surface area contributed by atoms with E-state index < -0.39 is 107 Å². The summed E-state index contributed by atoms with van der Waals surface area (Å²) < 4.78 is 11.5. The number of Topliss-reactive ketones (excluding diaryl/α,β-unsaturated/α-hetero) is 1. The first-order chi connectivity index (χ1) is 20.7. The Morgan fingerprint density at radius 3 is 2.13 bits per heavy atom. The predicted octanol–water partition coefficient (Wildman–Crippen LogP) is 0.0534. The van der Waals surface area contributed by atoms with Crippen LogP contribution >= 0.6 is 0 Å². The van der Waals surface area contributed by atoms with E-state index in [-0.39, 0.29) is 112 Å². The van der Waals surface area contributed by atoms with Crippen molar-refractivity contribution in [1.82, 2.24) is 5.32 Å². The molecule has 47 heavy (non-hydrogen) atoms. The van der Waals surface area contributed by atoms with Crippen molar-refractivity contribution < 1.29 is 147 Å². The van der Waals surface area contributed by atoms with Gasteiger partial charge in [0.05, 0.1) is 29.8 Å². The second-order valence-electron chi connectivity index (χ2n) is 14.0. The number of carbonyl (C=O) groups excluding carboxylic acids is 4. The number of unbranched alkanes of at least 4 members (excludes halogenated alkanes) is 1. The van der Waals surface area contributed by atoms with Crippen molar-refractivity contribution in [2.45, 2.75) is 135 Å². The van der Waals surface area contributed by atoms with E-state index in [1.807, 2.05) is 6.92 Å². The molecule has 0 aromatic rings. The topological polar surface area (TPSA) is 220 Å². The number of amides is 1. The molecule has 2 saturated carbocycles. The summed E-state index contributed by atoms with van der Waals surface area (Å²) in [5.41, 5.74) is -7.84. The van der Waals surface area contributed by atoms with Crippen LogP contribution in [0.3, 0.4) is 0 Å². The Morgan fingerprint density at radius 2 is 1.64 bits per heavy atom. The molecule has 0 unspecified atom stereocenters. The van der Waals surface area contributed by atoms with E-state index in [9.17, 15) is 49.8 Å². The van der Waals surface area contributed by atoms with Crippen LogP contribution < -0.4 is 5.32 Å². The molecule has 2 bridgehead atoms. The van der Waals surface area contributed by atoms with Crippen molar-refractivity contribution >= 4 is 23.6 Å². The number of fused-ring (bicyclic) bond motifs is 3. The van der Waals surface area contributed by atoms with Crippen molar-refractivity contribution in [2.75, 3.05) is 6.61 Å². The van der Waals surface area contributed by atoms with Gasteiger partial charge in [0.25, 0.3) is 0 Å². The average Bonchev–Trinajstić information content (AvgIpc) is 2.94. The summed E-state index contributed by atoms with van der Waals surface area (Å²) in [6.45, 7) is 10.7. The first-order valence-corrected chi connectivity index (χ1v) is 15.7. The third kappa shape index (κ3) is 7.95. The molecule has 3 rings (SSSR count). The monoisotopic (exact) mass is 1100 g/mol. The quantitative estimate of drug-likeness (QED) is 0.121. The molecule has 1 amide bonds. The molecule has 7 N–H and O–H groups in total. The van der Waals surface area contributed by atoms with Crippen molar-refractivity contribution in [3.63, 3.8) is 0 Å². The molecule has 0 aliphatic heterocycles. The van der Waals surface area contributed by atoms with Crippen LogP contribution in [0.4, 0.5) is 0 Å². The number of hydrogen-bond donors (Lipinski definition) is 7. The molecule has 3 aliphatic carbocycles. The summed E-state index contributed by atoms with van der Waals surface area (Å²) in [6, 6.07) is -0.969. The van der Waals surface area contributed by atoms with Gasteiger partial charge in [0, 0.05) is 120 Å². The van der Waals surface area contributed by atoms with Crippen LogP contribution in [0.15, 0.2) is 11.1 Å². The maximum absolute atomic E-state index is 14.3. The summed E-state index contributed by atoms with van der Waals surface area (Å²) in [5.74, 6) is -5.88. The molecule has 0 heterocycles. The van der Waals surface area contributed by atoms with Gasteiger partial charge in [-0.1, -0.05) is 40.5 Å². The summed E-state index contributed by atoms with van der Waals surface area (Å²) in [4.78, 5) is 52.1. The van der Waals surface area contributed by atoms with Gasteiger partial charge in [0.2, 0.25) is 5.91 Å². The molecule has 0 aromatic heterocycles. The van der Waals surface area contributed by atoms with Gasteiger partial charge in [0.1, 0.15) is 23.9 Å². The molecular formula is C32H51Ac2NO12. The summed E-state index contributed by atoms with van der Waals surface area (Å²) in [5, 5.41) is 71.9. The number of hydrogen-bond acceptors (Lipinski definition) is 12. The predicted molar refractivity (Wildman–Crippen MR) is 159 cm³/mol. The number of ketones is 1. The zero-order valence-corrected chi connectivity index (χ0v) is 38.1. The SMILES string of the molecule is CCCC[C@H](NC(C)=O)[C@@H](O)C(=O)O[C@H]1C[C@@]2(O)[C@@H](OC(C)=O)[C@@H]3[C@](O)(CO)[C@H](C)C[C@H](O)[C@@]3(C)C(=O)[C@H](O)C(=C1C)C2(C)C.[Ac].[Ac]. The summed E-state index contributed by atoms with van der Waals surface area (Å²) in [6.07, 6.45) is -7.35. The van der Waals surface area contributed by atoms with E-state index in [2.05, 4.69) is 5.32 Å². The fraction of sp³-hybridized carbons (Fsp3) is 0.812. The second kappa shape index (κ2) is 16.9. The molecular weight excluding hydrogens is 1040 g/mol. The Labute approximate surface area is 348 Å². The molecule has 2 fully saturated rings. The van der Waals surface area contributed by atoms with Crippen LogP contribution in [0.2, 0.25) is 0 Å². The van der Waals surface area contributed by atoms with Crippen molar-refractivity contribution in [3.8, 4) is 0 Å². The third-order valence-corrected chi connectivity index (χ3v) is 11.0. The minimum Gasteiger partial charge on any atom is -0.459 e. The van der Waals surface area contributed by atoms with Crippen molar-refractivity contribution in [1.29, 1.82) is 0 Å². The number of aliphatic hydroxyl groups excluding tert-OH is 4. The number of nitrogens with one attached hydrogen (secondary N) is 1. The summed E-state index contributed by atoms with van der Waals surface area (Å²) in [7, 11) is 0. The van der Waals surface area contributed by atoms with Crippen LogP contribution in [0.25, 0.3) is 0 Å². The molecule has 11 atom stereocenters. The smallest absolute Gasteiger partial charge is 0.337 e. The molecule has 0 spiro atoms. The van der Waals surface area contributed by atoms with Crippen molar-refractivity contribution in [3.05, 3.63) is 11.1 Å². The molecule has 0 saturated heterocycles. The van der Waals surface area contributed by atoms with E-state index >= 15 is 0 Å². The third-order valence-electron chi connectivity index (χ3n) is 11.0. The number of ether oxygens (including phenoxy) is 2. The Kier molecular flexibility index (Phi) is 16.3. The number of aliphatic hydroxyl groups is 6. The minimum atomic E-state index is -2.27. The van der Waals surface area contributed by atoms with Gasteiger partial charge in [-0.25, -0.2) is 4.79 Å². The molecule has 0 aromatic carbocycles. The average molecular weight is 1100 g/mol. The summed E-state index contributed by atoms with van der Waals surface area (Å²) >= 11 is 0. The minimum absolute atomic E-state index is 0. The fourth-order valence-corrected chi connectivity index (χ4v) is 8.13. The van der Waals surface area contributed by atoms with Crippen LogP contribution in [-0.2, 0) is 28.7 Å². The number of rotatable bonds is 9. The maximum Gasteiger partial charge on any atom is 0.337 e. The molecule has 2 radical (unpaired) electrons. The van der Waals surface area contributed by atoms with Gasteiger partial charge in [-0.05, 0) is 43.8 Å². The Morgan fingerprint density at radius 1 is 1.06 bits per heavy atom. The van der Waals surface area contributed by atoms with Crippen molar-refractivity contribution in [2.24, 2.45) is 22.7 Å². The van der Waals surface area contributed by atoms with Crippen LogP contribution in [-0.4, -0.2) is 109 Å². The molecule has 3 aliphatic rings.